The molecule has 0 aliphatic carbocycles. The predicted octanol–water partition coefficient (Wildman–Crippen LogP) is 1.30. The van der Waals surface area contributed by atoms with E-state index in [1.165, 1.54) is 35.1 Å². The van der Waals surface area contributed by atoms with Crippen molar-refractivity contribution in [3.63, 3.8) is 0 Å². The van der Waals surface area contributed by atoms with Gasteiger partial charge < -0.3 is 14.5 Å². The number of benzene rings is 1. The van der Waals surface area contributed by atoms with Crippen LogP contribution >= 0.6 is 0 Å². The first-order valence-corrected chi connectivity index (χ1v) is 8.35. The summed E-state index contributed by atoms with van der Waals surface area (Å²) in [6.45, 7) is 1.54. The Morgan fingerprint density at radius 2 is 1.96 bits per heavy atom. The van der Waals surface area contributed by atoms with E-state index in [2.05, 4.69) is 0 Å². The van der Waals surface area contributed by atoms with Crippen LogP contribution < -0.4 is 4.74 Å². The molecule has 142 valence electrons. The molecule has 0 bridgehead atoms. The molecule has 0 radical (unpaired) electrons. The van der Waals surface area contributed by atoms with Crippen LogP contribution in [0.4, 0.5) is 0 Å². The van der Waals surface area contributed by atoms with Gasteiger partial charge in [0.25, 0.3) is 5.91 Å². The van der Waals surface area contributed by atoms with Crippen LogP contribution in [-0.4, -0.2) is 60.9 Å². The molecule has 7 nitrogen and oxygen atoms in total. The van der Waals surface area contributed by atoms with E-state index in [0.29, 0.717) is 17.0 Å². The summed E-state index contributed by atoms with van der Waals surface area (Å²) in [5.41, 5.74) is 1.16. The van der Waals surface area contributed by atoms with Gasteiger partial charge >= 0.3 is 0 Å². The molecule has 0 saturated heterocycles. The summed E-state index contributed by atoms with van der Waals surface area (Å²) in [6.07, 6.45) is 4.02. The molecule has 1 aromatic rings. The van der Waals surface area contributed by atoms with Gasteiger partial charge in [0.1, 0.15) is 5.75 Å². The third-order valence-electron chi connectivity index (χ3n) is 4.19. The molecule has 1 heterocycles. The van der Waals surface area contributed by atoms with E-state index < -0.39 is 23.4 Å². The Morgan fingerprint density at radius 1 is 1.26 bits per heavy atom. The van der Waals surface area contributed by atoms with Gasteiger partial charge in [0, 0.05) is 32.9 Å². The topological polar surface area (TPSA) is 84.0 Å². The van der Waals surface area contributed by atoms with Crippen LogP contribution in [0.3, 0.4) is 0 Å². The summed E-state index contributed by atoms with van der Waals surface area (Å²) >= 11 is 0. The fourth-order valence-electron chi connectivity index (χ4n) is 2.39. The molecule has 0 aromatic heterocycles. The van der Waals surface area contributed by atoms with Crippen molar-refractivity contribution < 1.29 is 23.9 Å². The summed E-state index contributed by atoms with van der Waals surface area (Å²) in [4.78, 5) is 50.9. The van der Waals surface area contributed by atoms with Gasteiger partial charge in [-0.1, -0.05) is 18.2 Å². The van der Waals surface area contributed by atoms with Gasteiger partial charge in [0.05, 0.1) is 0 Å². The summed E-state index contributed by atoms with van der Waals surface area (Å²) in [5.74, 6) is -2.66. The molecule has 0 fully saturated rings. The summed E-state index contributed by atoms with van der Waals surface area (Å²) < 4.78 is 5.42. The number of nitrogens with zero attached hydrogens (tertiary/aromatic N) is 2. The molecule has 1 aromatic carbocycles. The number of likely N-dealkylation sites (N-methyl/N-ethyl adjacent to an activating group) is 1. The Kier molecular flexibility index (Phi) is 6.28. The highest BCUT2D eigenvalue weighted by Crippen LogP contribution is 2.19. The molecule has 2 rings (SSSR count). The Balaban J connectivity index is 2.08. The Morgan fingerprint density at radius 3 is 2.63 bits per heavy atom. The summed E-state index contributed by atoms with van der Waals surface area (Å²) in [6, 6.07) is 6.81. The van der Waals surface area contributed by atoms with Crippen LogP contribution in [0.1, 0.15) is 12.5 Å². The third-order valence-corrected chi connectivity index (χ3v) is 4.19. The molecule has 0 N–H and O–H groups in total. The maximum absolute atomic E-state index is 12.4. The number of carbonyl (C=O) groups excluding carboxylic acids is 4. The number of hydrogen-bond donors (Lipinski definition) is 0. The lowest BCUT2D eigenvalue weighted by Gasteiger charge is -2.25. The first kappa shape index (κ1) is 20.1. The molecule has 1 atom stereocenters. The fraction of sp³-hybridized carbons (Fsp3) is 0.300. The number of hydrogen-bond acceptors (Lipinski definition) is 5. The minimum absolute atomic E-state index is 0.0950. The van der Waals surface area contributed by atoms with Gasteiger partial charge in [-0.25, -0.2) is 0 Å². The molecule has 0 spiro atoms. The standard InChI is InChI=1S/C20H22N2O5/c1-13-10-17(24)19(20(26)22(13)4)16(23)9-8-14-6-5-7-15(11-14)27-12-18(25)21(2)3/h5-11,19H,12H2,1-4H3/b9-8+. The minimum Gasteiger partial charge on any atom is -0.484 e. The summed E-state index contributed by atoms with van der Waals surface area (Å²) in [5, 5.41) is 0. The van der Waals surface area contributed by atoms with Crippen LogP contribution in [0.25, 0.3) is 6.08 Å². The average molecular weight is 370 g/mol. The molecule has 2 amide bonds. The van der Waals surface area contributed by atoms with Crippen molar-refractivity contribution in [3.05, 3.63) is 47.7 Å². The van der Waals surface area contributed by atoms with E-state index in [1.807, 2.05) is 0 Å². The van der Waals surface area contributed by atoms with Crippen molar-refractivity contribution in [2.24, 2.45) is 5.92 Å². The van der Waals surface area contributed by atoms with Crippen molar-refractivity contribution >= 4 is 29.5 Å². The number of ether oxygens (including phenoxy) is 1. The third kappa shape index (κ3) is 4.91. The highest BCUT2D eigenvalue weighted by molar-refractivity contribution is 6.26. The number of carbonyl (C=O) groups is 4. The lowest BCUT2D eigenvalue weighted by Crippen LogP contribution is -2.43. The monoisotopic (exact) mass is 370 g/mol. The van der Waals surface area contributed by atoms with E-state index in [9.17, 15) is 19.2 Å². The average Bonchev–Trinajstić information content (AvgIpc) is 2.62. The maximum atomic E-state index is 12.4. The second-order valence-corrected chi connectivity index (χ2v) is 6.40. The molecule has 1 unspecified atom stereocenters. The SMILES string of the molecule is CC1=CC(=O)C(C(=O)/C=C/c2cccc(OCC(=O)N(C)C)c2)C(=O)N1C. The zero-order chi connectivity index (χ0) is 20.1. The number of allylic oxidation sites excluding steroid dienone is 3. The van der Waals surface area contributed by atoms with E-state index in [1.54, 1.807) is 45.3 Å². The van der Waals surface area contributed by atoms with Crippen molar-refractivity contribution in [2.45, 2.75) is 6.92 Å². The van der Waals surface area contributed by atoms with Gasteiger partial charge in [-0.3, -0.25) is 19.2 Å². The fourth-order valence-corrected chi connectivity index (χ4v) is 2.39. The molecule has 1 aliphatic heterocycles. The van der Waals surface area contributed by atoms with E-state index >= 15 is 0 Å². The van der Waals surface area contributed by atoms with Crippen LogP contribution in [0.2, 0.25) is 0 Å². The first-order chi connectivity index (χ1) is 12.7. The van der Waals surface area contributed by atoms with Gasteiger partial charge in [0.15, 0.2) is 24.1 Å². The Bertz CT molecular complexity index is 839. The van der Waals surface area contributed by atoms with Crippen LogP contribution in [-0.2, 0) is 19.2 Å². The number of ketones is 2. The predicted molar refractivity (Wildman–Crippen MR) is 99.7 cm³/mol. The van der Waals surface area contributed by atoms with Gasteiger partial charge in [0.2, 0.25) is 5.91 Å². The van der Waals surface area contributed by atoms with Gasteiger partial charge in [-0.05, 0) is 30.7 Å². The van der Waals surface area contributed by atoms with Gasteiger partial charge in [-0.15, -0.1) is 0 Å². The maximum Gasteiger partial charge on any atom is 0.259 e. The van der Waals surface area contributed by atoms with Crippen molar-refractivity contribution in [2.75, 3.05) is 27.7 Å². The number of rotatable bonds is 6. The highest BCUT2D eigenvalue weighted by Gasteiger charge is 2.37. The second-order valence-electron chi connectivity index (χ2n) is 6.40. The van der Waals surface area contributed by atoms with Crippen molar-refractivity contribution in [1.82, 2.24) is 9.80 Å². The van der Waals surface area contributed by atoms with E-state index in [0.717, 1.165) is 0 Å². The normalized spacial score (nSPS) is 17.1. The lowest BCUT2D eigenvalue weighted by molar-refractivity contribution is -0.143. The summed E-state index contributed by atoms with van der Waals surface area (Å²) in [7, 11) is 4.80. The molecule has 7 heteroatoms. The van der Waals surface area contributed by atoms with Gasteiger partial charge in [-0.2, -0.15) is 0 Å². The molecular weight excluding hydrogens is 348 g/mol. The molecular formula is C20H22N2O5. The zero-order valence-electron chi connectivity index (χ0n) is 15.8. The smallest absolute Gasteiger partial charge is 0.259 e. The van der Waals surface area contributed by atoms with Crippen LogP contribution in [0, 0.1) is 5.92 Å². The van der Waals surface area contributed by atoms with Crippen molar-refractivity contribution in [3.8, 4) is 5.75 Å². The highest BCUT2D eigenvalue weighted by atomic mass is 16.5. The Labute approximate surface area is 157 Å². The van der Waals surface area contributed by atoms with Crippen LogP contribution in [0.5, 0.6) is 5.75 Å². The minimum atomic E-state index is -1.34. The largest absolute Gasteiger partial charge is 0.484 e. The molecule has 0 saturated carbocycles. The second kappa shape index (κ2) is 8.44. The molecule has 27 heavy (non-hydrogen) atoms. The van der Waals surface area contributed by atoms with Crippen LogP contribution in [0.15, 0.2) is 42.1 Å². The van der Waals surface area contributed by atoms with E-state index in [-0.39, 0.29) is 12.5 Å². The van der Waals surface area contributed by atoms with E-state index in [4.69, 9.17) is 4.74 Å². The quantitative estimate of drug-likeness (QED) is 0.557. The Hall–Kier alpha value is -3.22. The first-order valence-electron chi connectivity index (χ1n) is 8.35. The van der Waals surface area contributed by atoms with Crippen molar-refractivity contribution in [1.29, 1.82) is 0 Å². The zero-order valence-corrected chi connectivity index (χ0v) is 15.8. The molecule has 1 aliphatic rings. The lowest BCUT2D eigenvalue weighted by atomic mass is 9.92. The number of amides is 2.